The van der Waals surface area contributed by atoms with Crippen molar-refractivity contribution in [2.45, 2.75) is 25.9 Å². The molecule has 6 rings (SSSR count). The van der Waals surface area contributed by atoms with E-state index in [2.05, 4.69) is 38.4 Å². The number of nitrogens with two attached hydrogens (primary N) is 2. The largest absolute Gasteiger partial charge is 0.506 e. The second-order valence-corrected chi connectivity index (χ2v) is 12.7. The van der Waals surface area contributed by atoms with Crippen LogP contribution in [0.3, 0.4) is 0 Å². The minimum Gasteiger partial charge on any atom is -0.506 e. The lowest BCUT2D eigenvalue weighted by molar-refractivity contribution is -0.133. The van der Waals surface area contributed by atoms with Crippen molar-refractivity contribution in [3.63, 3.8) is 0 Å². The SMILES string of the molecule is Nc1cc(-c2nn(Cc3ccc4c(c3)CCN(C(=O)CCOCCOCCOCCOCCN3CCNCC3)C4)c3ncnc(N)c23)ccc1O. The summed E-state index contributed by atoms with van der Waals surface area (Å²) >= 11 is 0. The number of hydrogen-bond donors (Lipinski definition) is 4. The Hall–Kier alpha value is -4.38. The molecule has 6 N–H and O–H groups in total. The van der Waals surface area contributed by atoms with Gasteiger partial charge in [0.15, 0.2) is 5.65 Å². The van der Waals surface area contributed by atoms with Crippen LogP contribution in [0, 0.1) is 0 Å². The monoisotopic (exact) mass is 703 g/mol. The quantitative estimate of drug-likeness (QED) is 0.0666. The van der Waals surface area contributed by atoms with Crippen LogP contribution >= 0.6 is 0 Å². The van der Waals surface area contributed by atoms with E-state index in [0.717, 1.165) is 56.9 Å². The third-order valence-electron chi connectivity index (χ3n) is 9.17. The maximum absolute atomic E-state index is 12.9. The Labute approximate surface area is 297 Å². The van der Waals surface area contributed by atoms with Gasteiger partial charge in [0.05, 0.1) is 76.9 Å². The molecule has 274 valence electrons. The number of carbonyl (C=O) groups is 1. The second kappa shape index (κ2) is 18.2. The van der Waals surface area contributed by atoms with Gasteiger partial charge in [0, 0.05) is 51.4 Å². The number of aromatic nitrogens is 4. The molecule has 2 aromatic carbocycles. The van der Waals surface area contributed by atoms with Crippen LogP contribution < -0.4 is 16.8 Å². The molecular weight excluding hydrogens is 654 g/mol. The topological polar surface area (TPSA) is 188 Å². The van der Waals surface area contributed by atoms with Crippen LogP contribution in [0.15, 0.2) is 42.7 Å². The second-order valence-electron chi connectivity index (χ2n) is 12.7. The number of piperazine rings is 1. The van der Waals surface area contributed by atoms with Crippen LogP contribution in [0.2, 0.25) is 0 Å². The van der Waals surface area contributed by atoms with E-state index in [4.69, 9.17) is 35.5 Å². The Morgan fingerprint density at radius 2 is 1.57 bits per heavy atom. The van der Waals surface area contributed by atoms with Crippen molar-refractivity contribution in [1.29, 1.82) is 0 Å². The Bertz CT molecular complexity index is 1750. The first-order chi connectivity index (χ1) is 25.0. The number of phenols is 1. The van der Waals surface area contributed by atoms with E-state index in [1.165, 1.54) is 18.0 Å². The molecule has 4 aromatic rings. The number of rotatable bonds is 18. The van der Waals surface area contributed by atoms with Crippen LogP contribution in [-0.4, -0.2) is 133 Å². The Morgan fingerprint density at radius 1 is 0.843 bits per heavy atom. The lowest BCUT2D eigenvalue weighted by atomic mass is 9.97. The summed E-state index contributed by atoms with van der Waals surface area (Å²) in [5.41, 5.74) is 17.8. The van der Waals surface area contributed by atoms with Crippen LogP contribution in [0.4, 0.5) is 11.5 Å². The average Bonchev–Trinajstić information content (AvgIpc) is 3.52. The number of nitrogens with zero attached hydrogens (tertiary/aromatic N) is 6. The molecule has 1 fully saturated rings. The summed E-state index contributed by atoms with van der Waals surface area (Å²) in [5, 5.41) is 18.7. The Balaban J connectivity index is 0.878. The number of benzene rings is 2. The van der Waals surface area contributed by atoms with Crippen molar-refractivity contribution in [1.82, 2.24) is 34.9 Å². The van der Waals surface area contributed by atoms with Crippen molar-refractivity contribution in [2.75, 3.05) is 104 Å². The van der Waals surface area contributed by atoms with Gasteiger partial charge in [0.1, 0.15) is 23.6 Å². The standard InChI is InChI=1S/C36H49N9O6/c37-30-22-28(3-4-31(30)46)34-33-35(38)40-25-41-36(33)45(42-34)23-26-1-2-29-24-44(9-5-27(29)21-26)32(47)6-13-48-15-17-50-19-20-51-18-16-49-14-12-43-10-7-39-8-11-43/h1-4,21-22,25,39,46H,5-20,23-24,37H2,(H2,38,40,41). The summed E-state index contributed by atoms with van der Waals surface area (Å²) < 4.78 is 24.2. The molecule has 0 bridgehead atoms. The average molecular weight is 704 g/mol. The molecule has 0 atom stereocenters. The molecule has 2 aliphatic rings. The van der Waals surface area contributed by atoms with Crippen molar-refractivity contribution < 1.29 is 28.8 Å². The maximum atomic E-state index is 12.9. The fourth-order valence-electron chi connectivity index (χ4n) is 6.34. The smallest absolute Gasteiger partial charge is 0.225 e. The molecule has 15 nitrogen and oxygen atoms in total. The number of anilines is 2. The summed E-state index contributed by atoms with van der Waals surface area (Å²) in [6, 6.07) is 11.2. The number of carbonyl (C=O) groups excluding carboxylic acids is 1. The summed E-state index contributed by atoms with van der Waals surface area (Å²) in [6.07, 6.45) is 2.52. The lowest BCUT2D eigenvalue weighted by Gasteiger charge is -2.29. The molecule has 2 aromatic heterocycles. The fraction of sp³-hybridized carbons (Fsp3) is 0.500. The number of hydrogen-bond acceptors (Lipinski definition) is 13. The molecule has 1 saturated heterocycles. The number of ether oxygens (including phenoxy) is 4. The minimum absolute atomic E-state index is 0.00208. The molecule has 0 saturated carbocycles. The normalized spacial score (nSPS) is 15.0. The number of nitrogen functional groups attached to an aromatic ring is 2. The zero-order valence-electron chi connectivity index (χ0n) is 29.1. The molecule has 4 heterocycles. The van der Waals surface area contributed by atoms with Gasteiger partial charge in [-0.25, -0.2) is 14.6 Å². The molecule has 1 amide bonds. The number of fused-ring (bicyclic) bond motifs is 2. The predicted octanol–water partition coefficient (Wildman–Crippen LogP) is 1.66. The first-order valence-corrected chi connectivity index (χ1v) is 17.6. The Morgan fingerprint density at radius 3 is 2.31 bits per heavy atom. The van der Waals surface area contributed by atoms with Crippen molar-refractivity contribution in [3.05, 3.63) is 59.4 Å². The maximum Gasteiger partial charge on any atom is 0.225 e. The van der Waals surface area contributed by atoms with Gasteiger partial charge in [-0.3, -0.25) is 9.69 Å². The van der Waals surface area contributed by atoms with Crippen molar-refractivity contribution >= 4 is 28.4 Å². The molecule has 15 heteroatoms. The zero-order chi connectivity index (χ0) is 35.4. The van der Waals surface area contributed by atoms with Gasteiger partial charge in [-0.05, 0) is 41.3 Å². The number of phenolic OH excluding ortho intramolecular Hbond substituents is 1. The molecule has 0 spiro atoms. The third-order valence-corrected chi connectivity index (χ3v) is 9.17. The first-order valence-electron chi connectivity index (χ1n) is 17.6. The predicted molar refractivity (Wildman–Crippen MR) is 193 cm³/mol. The number of nitrogens with one attached hydrogen (secondary N) is 1. The Kier molecular flexibility index (Phi) is 13.0. The lowest BCUT2D eigenvalue weighted by Crippen LogP contribution is -2.44. The molecule has 2 aliphatic heterocycles. The summed E-state index contributed by atoms with van der Waals surface area (Å²) in [4.78, 5) is 25.9. The van der Waals surface area contributed by atoms with E-state index in [1.54, 1.807) is 16.8 Å². The molecular formula is C36H49N9O6. The number of aromatic hydroxyl groups is 1. The van der Waals surface area contributed by atoms with E-state index in [1.807, 2.05) is 4.90 Å². The fourth-order valence-corrected chi connectivity index (χ4v) is 6.34. The summed E-state index contributed by atoms with van der Waals surface area (Å²) in [7, 11) is 0. The zero-order valence-corrected chi connectivity index (χ0v) is 29.1. The van der Waals surface area contributed by atoms with E-state index in [9.17, 15) is 9.90 Å². The summed E-state index contributed by atoms with van der Waals surface area (Å²) in [5.74, 6) is 0.399. The van der Waals surface area contributed by atoms with Gasteiger partial charge in [0.2, 0.25) is 5.91 Å². The highest BCUT2D eigenvalue weighted by atomic mass is 16.6. The van der Waals surface area contributed by atoms with E-state index < -0.39 is 0 Å². The van der Waals surface area contributed by atoms with E-state index in [-0.39, 0.29) is 17.3 Å². The van der Waals surface area contributed by atoms with Gasteiger partial charge < -0.3 is 45.7 Å². The van der Waals surface area contributed by atoms with Crippen LogP contribution in [0.25, 0.3) is 22.3 Å². The minimum atomic E-state index is 0.00208. The van der Waals surface area contributed by atoms with Crippen molar-refractivity contribution in [2.24, 2.45) is 0 Å². The van der Waals surface area contributed by atoms with Gasteiger partial charge in [-0.15, -0.1) is 0 Å². The van der Waals surface area contributed by atoms with Gasteiger partial charge in [-0.2, -0.15) is 5.10 Å². The van der Waals surface area contributed by atoms with E-state index >= 15 is 0 Å². The summed E-state index contributed by atoms with van der Waals surface area (Å²) in [6.45, 7) is 11.1. The van der Waals surface area contributed by atoms with Crippen LogP contribution in [0.1, 0.15) is 23.1 Å². The highest BCUT2D eigenvalue weighted by molar-refractivity contribution is 5.98. The van der Waals surface area contributed by atoms with Crippen molar-refractivity contribution in [3.8, 4) is 17.0 Å². The van der Waals surface area contributed by atoms with Crippen LogP contribution in [0.5, 0.6) is 5.75 Å². The van der Waals surface area contributed by atoms with Gasteiger partial charge >= 0.3 is 0 Å². The number of amides is 1. The van der Waals surface area contributed by atoms with Gasteiger partial charge in [0.25, 0.3) is 0 Å². The third kappa shape index (κ3) is 9.90. The molecule has 0 unspecified atom stereocenters. The molecule has 0 aliphatic carbocycles. The highest BCUT2D eigenvalue weighted by Gasteiger charge is 2.22. The first kappa shape index (κ1) is 36.4. The molecule has 51 heavy (non-hydrogen) atoms. The van der Waals surface area contributed by atoms with Gasteiger partial charge in [-0.1, -0.05) is 18.2 Å². The highest BCUT2D eigenvalue weighted by Crippen LogP contribution is 2.34. The molecule has 0 radical (unpaired) electrons. The van der Waals surface area contributed by atoms with Crippen LogP contribution in [-0.2, 0) is 43.3 Å². The van der Waals surface area contributed by atoms with E-state index in [0.29, 0.717) is 100 Å².